The van der Waals surface area contributed by atoms with Crippen LogP contribution in [0.1, 0.15) is 28.4 Å². The van der Waals surface area contributed by atoms with Crippen LogP contribution in [0.5, 0.6) is 11.5 Å². The molecule has 0 aliphatic carbocycles. The van der Waals surface area contributed by atoms with Crippen LogP contribution in [0.2, 0.25) is 0 Å². The summed E-state index contributed by atoms with van der Waals surface area (Å²) in [6.07, 6.45) is 0.657. The Morgan fingerprint density at radius 3 is 2.38 bits per heavy atom. The number of likely N-dealkylation sites (N-methyl/N-ethyl adjacent to an activating group) is 1. The number of hydrogen-bond donors (Lipinski definition) is 0. The van der Waals surface area contributed by atoms with Crippen LogP contribution in [0.15, 0.2) is 49.0 Å². The smallest absolute Gasteiger partial charge is 0.259 e. The highest BCUT2D eigenvalue weighted by atomic mass is 16.5. The maximum Gasteiger partial charge on any atom is 0.259 e. The van der Waals surface area contributed by atoms with Crippen LogP contribution in [0.4, 0.5) is 0 Å². The lowest BCUT2D eigenvalue weighted by Crippen LogP contribution is -2.45. The monoisotopic (exact) mass is 394 g/mol. The SMILES string of the molecule is C=C1c2ccccc2C(=O)N1[C@H](C)C(=O)N(C)CCc1ccc(OC)c(OC)c1. The first-order valence-electron chi connectivity index (χ1n) is 9.46. The molecule has 3 rings (SSSR count). The third-order valence-corrected chi connectivity index (χ3v) is 5.28. The average Bonchev–Trinajstić information content (AvgIpc) is 3.01. The summed E-state index contributed by atoms with van der Waals surface area (Å²) in [5.74, 6) is 1.01. The first-order chi connectivity index (χ1) is 13.9. The largest absolute Gasteiger partial charge is 0.493 e. The number of benzene rings is 2. The number of ether oxygens (including phenoxy) is 2. The van der Waals surface area contributed by atoms with Gasteiger partial charge in [-0.15, -0.1) is 0 Å². The molecule has 152 valence electrons. The normalized spacial score (nSPS) is 13.9. The summed E-state index contributed by atoms with van der Waals surface area (Å²) in [5.41, 5.74) is 2.97. The summed E-state index contributed by atoms with van der Waals surface area (Å²) < 4.78 is 10.6. The van der Waals surface area contributed by atoms with Crippen molar-refractivity contribution >= 4 is 17.5 Å². The van der Waals surface area contributed by atoms with Crippen molar-refractivity contribution in [3.05, 3.63) is 65.7 Å². The molecule has 0 saturated heterocycles. The number of fused-ring (bicyclic) bond motifs is 1. The molecular weight excluding hydrogens is 368 g/mol. The molecule has 6 heteroatoms. The van der Waals surface area contributed by atoms with E-state index in [1.807, 2.05) is 36.4 Å². The van der Waals surface area contributed by atoms with Crippen molar-refractivity contribution in [1.82, 2.24) is 9.80 Å². The molecule has 2 aromatic carbocycles. The van der Waals surface area contributed by atoms with Crippen LogP contribution >= 0.6 is 0 Å². The van der Waals surface area contributed by atoms with Crippen molar-refractivity contribution in [3.8, 4) is 11.5 Å². The van der Waals surface area contributed by atoms with E-state index in [4.69, 9.17) is 9.47 Å². The number of carbonyl (C=O) groups is 2. The van der Waals surface area contributed by atoms with E-state index in [1.165, 1.54) is 4.90 Å². The van der Waals surface area contributed by atoms with E-state index in [-0.39, 0.29) is 11.8 Å². The second-order valence-electron chi connectivity index (χ2n) is 7.04. The fraction of sp³-hybridized carbons (Fsp3) is 0.304. The summed E-state index contributed by atoms with van der Waals surface area (Å²) in [6.45, 7) is 6.28. The van der Waals surface area contributed by atoms with Crippen LogP contribution in [-0.4, -0.2) is 55.5 Å². The number of hydrogen-bond acceptors (Lipinski definition) is 4. The molecule has 1 heterocycles. The lowest BCUT2D eigenvalue weighted by atomic mass is 10.1. The van der Waals surface area contributed by atoms with Crippen LogP contribution in [0.25, 0.3) is 5.70 Å². The predicted octanol–water partition coefficient (Wildman–Crippen LogP) is 3.22. The molecule has 2 amide bonds. The lowest BCUT2D eigenvalue weighted by Gasteiger charge is -2.28. The maximum absolute atomic E-state index is 13.0. The second kappa shape index (κ2) is 8.39. The molecule has 0 saturated carbocycles. The van der Waals surface area contributed by atoms with Gasteiger partial charge in [-0.25, -0.2) is 0 Å². The number of carbonyl (C=O) groups excluding carboxylic acids is 2. The van der Waals surface area contributed by atoms with E-state index in [2.05, 4.69) is 6.58 Å². The molecule has 0 aromatic heterocycles. The molecule has 0 fully saturated rings. The molecule has 0 radical (unpaired) electrons. The van der Waals surface area contributed by atoms with Crippen molar-refractivity contribution in [1.29, 1.82) is 0 Å². The van der Waals surface area contributed by atoms with Crippen LogP contribution < -0.4 is 9.47 Å². The van der Waals surface area contributed by atoms with Crippen molar-refractivity contribution in [3.63, 3.8) is 0 Å². The van der Waals surface area contributed by atoms with E-state index >= 15 is 0 Å². The van der Waals surface area contributed by atoms with Crippen molar-refractivity contribution in [2.45, 2.75) is 19.4 Å². The minimum atomic E-state index is -0.627. The van der Waals surface area contributed by atoms with Gasteiger partial charge in [0.15, 0.2) is 11.5 Å². The van der Waals surface area contributed by atoms with Crippen LogP contribution in [-0.2, 0) is 11.2 Å². The Bertz CT molecular complexity index is 919. The average molecular weight is 394 g/mol. The Labute approximate surface area is 171 Å². The van der Waals surface area contributed by atoms with Crippen molar-refractivity contribution < 1.29 is 19.1 Å². The Balaban J connectivity index is 1.66. The molecule has 6 nitrogen and oxygen atoms in total. The summed E-state index contributed by atoms with van der Waals surface area (Å²) >= 11 is 0. The van der Waals surface area contributed by atoms with E-state index in [9.17, 15) is 9.59 Å². The predicted molar refractivity (Wildman–Crippen MR) is 112 cm³/mol. The van der Waals surface area contributed by atoms with Gasteiger partial charge < -0.3 is 14.4 Å². The van der Waals surface area contributed by atoms with Gasteiger partial charge in [0.25, 0.3) is 5.91 Å². The van der Waals surface area contributed by atoms with E-state index in [1.54, 1.807) is 39.2 Å². The quantitative estimate of drug-likeness (QED) is 0.724. The first-order valence-corrected chi connectivity index (χ1v) is 9.46. The molecule has 1 atom stereocenters. The van der Waals surface area contributed by atoms with Crippen LogP contribution in [0, 0.1) is 0 Å². The highest BCUT2D eigenvalue weighted by Crippen LogP contribution is 2.33. The lowest BCUT2D eigenvalue weighted by molar-refractivity contribution is -0.133. The Kier molecular flexibility index (Phi) is 5.92. The minimum Gasteiger partial charge on any atom is -0.493 e. The van der Waals surface area contributed by atoms with Gasteiger partial charge in [0.05, 0.1) is 14.2 Å². The third-order valence-electron chi connectivity index (χ3n) is 5.28. The van der Waals surface area contributed by atoms with E-state index < -0.39 is 6.04 Å². The maximum atomic E-state index is 13.0. The topological polar surface area (TPSA) is 59.1 Å². The van der Waals surface area contributed by atoms with E-state index in [0.29, 0.717) is 35.7 Å². The molecule has 1 aliphatic heterocycles. The van der Waals surface area contributed by atoms with Gasteiger partial charge in [0, 0.05) is 30.4 Å². The van der Waals surface area contributed by atoms with E-state index in [0.717, 1.165) is 11.1 Å². The van der Waals surface area contributed by atoms with Gasteiger partial charge in [-0.3, -0.25) is 14.5 Å². The van der Waals surface area contributed by atoms with Gasteiger partial charge in [0.2, 0.25) is 5.91 Å². The van der Waals surface area contributed by atoms with Gasteiger partial charge in [0.1, 0.15) is 6.04 Å². The molecule has 2 aromatic rings. The van der Waals surface area contributed by atoms with Crippen LogP contribution in [0.3, 0.4) is 0 Å². The standard InChI is InChI=1S/C23H26N2O4/c1-15-18-8-6-7-9-19(18)23(27)25(15)16(2)22(26)24(3)13-12-17-10-11-20(28-4)21(14-17)29-5/h6-11,14,16H,1,12-13H2,2-5H3/t16-/m1/s1. The van der Waals surface area contributed by atoms with Gasteiger partial charge >= 0.3 is 0 Å². The zero-order chi connectivity index (χ0) is 21.1. The molecule has 1 aliphatic rings. The second-order valence-corrected chi connectivity index (χ2v) is 7.04. The highest BCUT2D eigenvalue weighted by molar-refractivity contribution is 6.10. The molecule has 29 heavy (non-hydrogen) atoms. The first kappa shape index (κ1) is 20.5. The molecule has 0 N–H and O–H groups in total. The Morgan fingerprint density at radius 2 is 1.76 bits per heavy atom. The number of amides is 2. The summed E-state index contributed by atoms with van der Waals surface area (Å²) in [4.78, 5) is 28.8. The highest BCUT2D eigenvalue weighted by Gasteiger charge is 2.37. The molecule has 0 spiro atoms. The van der Waals surface area contributed by atoms with Crippen molar-refractivity contribution in [2.75, 3.05) is 27.8 Å². The fourth-order valence-electron chi connectivity index (χ4n) is 3.59. The number of methoxy groups -OCH3 is 2. The number of rotatable bonds is 7. The number of nitrogens with zero attached hydrogens (tertiary/aromatic N) is 2. The summed E-state index contributed by atoms with van der Waals surface area (Å²) in [7, 11) is 4.93. The Hall–Kier alpha value is -3.28. The molecule has 0 bridgehead atoms. The third kappa shape index (κ3) is 3.83. The van der Waals surface area contributed by atoms with Gasteiger partial charge in [-0.05, 0) is 37.1 Å². The zero-order valence-corrected chi connectivity index (χ0v) is 17.3. The Morgan fingerprint density at radius 1 is 1.10 bits per heavy atom. The molecular formula is C23H26N2O4. The zero-order valence-electron chi connectivity index (χ0n) is 17.3. The van der Waals surface area contributed by atoms with Crippen molar-refractivity contribution in [2.24, 2.45) is 0 Å². The summed E-state index contributed by atoms with van der Waals surface area (Å²) in [6, 6.07) is 12.4. The summed E-state index contributed by atoms with van der Waals surface area (Å²) in [5, 5.41) is 0. The van der Waals surface area contributed by atoms with Gasteiger partial charge in [-0.1, -0.05) is 30.8 Å². The minimum absolute atomic E-state index is 0.132. The van der Waals surface area contributed by atoms with Gasteiger partial charge in [-0.2, -0.15) is 0 Å². The molecule has 0 unspecified atom stereocenters. The fourth-order valence-corrected chi connectivity index (χ4v) is 3.59.